The highest BCUT2D eigenvalue weighted by molar-refractivity contribution is 7.98. The Kier molecular flexibility index (Phi) is 9.02. The summed E-state index contributed by atoms with van der Waals surface area (Å²) in [6.45, 7) is 0. The van der Waals surface area contributed by atoms with E-state index >= 15 is 0 Å². The van der Waals surface area contributed by atoms with E-state index in [2.05, 4.69) is 10.2 Å². The predicted molar refractivity (Wildman–Crippen MR) is 137 cm³/mol. The van der Waals surface area contributed by atoms with Gasteiger partial charge in [-0.25, -0.2) is 27.2 Å². The summed E-state index contributed by atoms with van der Waals surface area (Å²) in [5.74, 6) is -2.93. The van der Waals surface area contributed by atoms with Crippen molar-refractivity contribution in [3.8, 4) is 11.1 Å². The number of hydrogen-bond donors (Lipinski definition) is 3. The largest absolute Gasteiger partial charge is 0.480 e. The zero-order valence-corrected chi connectivity index (χ0v) is 21.7. The van der Waals surface area contributed by atoms with Gasteiger partial charge in [0, 0.05) is 25.2 Å². The Bertz CT molecular complexity index is 1380. The number of thioether (sulfide) groups is 1. The maximum absolute atomic E-state index is 13.5. The molecule has 0 amide bonds. The lowest BCUT2D eigenvalue weighted by molar-refractivity contribution is -0.142. The van der Waals surface area contributed by atoms with E-state index < -0.39 is 53.3 Å². The Labute approximate surface area is 224 Å². The molecule has 4 rings (SSSR count). The van der Waals surface area contributed by atoms with Gasteiger partial charge in [-0.1, -0.05) is 36.4 Å². The molecular weight excluding hydrogens is 542 g/mol. The molecule has 0 spiro atoms. The van der Waals surface area contributed by atoms with Gasteiger partial charge in [-0.3, -0.25) is 9.69 Å². The number of carboxylic acids is 2. The van der Waals surface area contributed by atoms with Gasteiger partial charge in [-0.15, -0.1) is 11.8 Å². The summed E-state index contributed by atoms with van der Waals surface area (Å²) in [5.41, 5.74) is 3.85. The zero-order chi connectivity index (χ0) is 29.1. The van der Waals surface area contributed by atoms with E-state index in [0.717, 1.165) is 26.9 Å². The second-order valence-electron chi connectivity index (χ2n) is 8.46. The molecule has 2 aromatic carbocycles. The molecule has 0 radical (unpaired) electrons. The van der Waals surface area contributed by atoms with Crippen molar-refractivity contribution in [2.24, 2.45) is 17.9 Å². The smallest absolute Gasteiger partial charge is 0.339 e. The molecule has 0 bridgehead atoms. The lowest BCUT2D eigenvalue weighted by atomic mass is 9.80. The number of alkyl halides is 4. The Hall–Kier alpha value is -3.91. The number of benzene rings is 2. The van der Waals surface area contributed by atoms with E-state index in [4.69, 9.17) is 10.8 Å². The highest BCUT2D eigenvalue weighted by Crippen LogP contribution is 2.42. The first-order valence-electron chi connectivity index (χ1n) is 11.2. The number of aromatic nitrogens is 2. The molecule has 1 aliphatic rings. The van der Waals surface area contributed by atoms with Gasteiger partial charge in [0.1, 0.15) is 23.0 Å². The maximum Gasteiger partial charge on any atom is 0.339 e. The number of nitrogens with two attached hydrogens (primary N) is 1. The second kappa shape index (κ2) is 11.9. The molecule has 2 heterocycles. The van der Waals surface area contributed by atoms with E-state index in [1.54, 1.807) is 23.9 Å². The van der Waals surface area contributed by atoms with Crippen LogP contribution >= 0.6 is 11.8 Å². The molecular formula is C25H25F4N5O4S. The van der Waals surface area contributed by atoms with Gasteiger partial charge in [0.2, 0.25) is 0 Å². The molecule has 1 aliphatic heterocycles. The first-order valence-corrected chi connectivity index (χ1v) is 12.5. The fourth-order valence-corrected chi connectivity index (χ4v) is 4.65. The van der Waals surface area contributed by atoms with Crippen molar-refractivity contribution in [3.05, 3.63) is 71.5 Å². The SMILES string of the molecule is CSc1ccc(-c2ccccc2C2N(C)N=C(C(F)F)C2(N)C(=O)O)cc1.Cn1cc(C(=O)O)c(C(F)F)n1. The molecule has 14 heteroatoms. The molecule has 4 N–H and O–H groups in total. The second-order valence-corrected chi connectivity index (χ2v) is 9.34. The Morgan fingerprint density at radius 1 is 1.03 bits per heavy atom. The molecule has 0 saturated heterocycles. The molecule has 0 saturated carbocycles. The Balaban J connectivity index is 0.000000293. The third-order valence-corrected chi connectivity index (χ3v) is 6.75. The van der Waals surface area contributed by atoms with Gasteiger partial charge in [0.25, 0.3) is 12.9 Å². The van der Waals surface area contributed by atoms with Gasteiger partial charge in [0.05, 0.1) is 0 Å². The van der Waals surface area contributed by atoms with Crippen molar-refractivity contribution in [2.45, 2.75) is 29.3 Å². The van der Waals surface area contributed by atoms with E-state index in [9.17, 15) is 32.3 Å². The van der Waals surface area contributed by atoms with Crippen molar-refractivity contribution < 1.29 is 37.4 Å². The van der Waals surface area contributed by atoms with Gasteiger partial charge in [-0.2, -0.15) is 10.2 Å². The van der Waals surface area contributed by atoms with Gasteiger partial charge >= 0.3 is 11.9 Å². The van der Waals surface area contributed by atoms with Crippen LogP contribution in [0.2, 0.25) is 0 Å². The van der Waals surface area contributed by atoms with Crippen LogP contribution in [-0.4, -0.2) is 67.9 Å². The number of halogens is 4. The van der Waals surface area contributed by atoms with Crippen LogP contribution in [0.25, 0.3) is 11.1 Å². The van der Waals surface area contributed by atoms with Crippen LogP contribution in [0, 0.1) is 0 Å². The van der Waals surface area contributed by atoms with Crippen LogP contribution in [0.5, 0.6) is 0 Å². The van der Waals surface area contributed by atoms with Crippen molar-refractivity contribution >= 4 is 29.4 Å². The van der Waals surface area contributed by atoms with Crippen molar-refractivity contribution in [3.63, 3.8) is 0 Å². The number of carbonyl (C=O) groups is 2. The summed E-state index contributed by atoms with van der Waals surface area (Å²) >= 11 is 1.60. The fourth-order valence-electron chi connectivity index (χ4n) is 4.24. The normalized spacial score (nSPS) is 18.7. The first kappa shape index (κ1) is 29.6. The average Bonchev–Trinajstić information content (AvgIpc) is 3.42. The van der Waals surface area contributed by atoms with Crippen LogP contribution in [-0.2, 0) is 11.8 Å². The number of carboxylic acid groups (broad SMARTS) is 2. The fraction of sp³-hybridized carbons (Fsp3) is 0.280. The molecule has 208 valence electrons. The maximum atomic E-state index is 13.5. The number of aromatic carboxylic acids is 1. The summed E-state index contributed by atoms with van der Waals surface area (Å²) in [4.78, 5) is 23.4. The van der Waals surface area contributed by atoms with E-state index in [1.807, 2.05) is 42.7 Å². The molecule has 39 heavy (non-hydrogen) atoms. The molecule has 0 fully saturated rings. The van der Waals surface area contributed by atoms with E-state index in [0.29, 0.717) is 5.56 Å². The highest BCUT2D eigenvalue weighted by atomic mass is 32.2. The summed E-state index contributed by atoms with van der Waals surface area (Å²) in [6.07, 6.45) is -2.90. The summed E-state index contributed by atoms with van der Waals surface area (Å²) < 4.78 is 52.1. The lowest BCUT2D eigenvalue weighted by Gasteiger charge is -2.32. The van der Waals surface area contributed by atoms with Gasteiger partial charge in [-0.05, 0) is 35.1 Å². The number of rotatable bonds is 7. The Morgan fingerprint density at radius 2 is 1.64 bits per heavy atom. The monoisotopic (exact) mass is 567 g/mol. The number of likely N-dealkylation sites (N-methyl/N-ethyl adjacent to an activating group) is 1. The van der Waals surface area contributed by atoms with Crippen LogP contribution in [0.3, 0.4) is 0 Å². The van der Waals surface area contributed by atoms with Crippen molar-refractivity contribution in [2.75, 3.05) is 13.3 Å². The predicted octanol–water partition coefficient (Wildman–Crippen LogP) is 4.52. The zero-order valence-electron chi connectivity index (χ0n) is 20.9. The summed E-state index contributed by atoms with van der Waals surface area (Å²) in [5, 5.41) is 26.4. The number of hydrogen-bond acceptors (Lipinski definition) is 7. The van der Waals surface area contributed by atoms with Crippen LogP contribution in [0.4, 0.5) is 17.6 Å². The minimum absolute atomic E-state index is 0.451. The van der Waals surface area contributed by atoms with E-state index in [1.165, 1.54) is 19.1 Å². The quantitative estimate of drug-likeness (QED) is 0.280. The number of hydrazone groups is 1. The molecule has 0 aliphatic carbocycles. The number of nitrogens with zero attached hydrogens (tertiary/aromatic N) is 4. The molecule has 1 aromatic heterocycles. The van der Waals surface area contributed by atoms with Crippen LogP contribution < -0.4 is 5.73 Å². The summed E-state index contributed by atoms with van der Waals surface area (Å²) in [6, 6.07) is 13.7. The summed E-state index contributed by atoms with van der Waals surface area (Å²) in [7, 11) is 2.84. The first-order chi connectivity index (χ1) is 18.3. The lowest BCUT2D eigenvalue weighted by Crippen LogP contribution is -2.60. The standard InChI is InChI=1S/C19H19F2N3O2S.C6H6F2N2O2/c1-24-16(19(22,18(25)26)15(23-24)17(20)21)14-6-4-3-5-13(14)11-7-9-12(27-2)10-8-11;1-10-2-3(6(11)12)4(9-10)5(7)8/h3-10,16-17H,22H2,1-2H3,(H,25,26);2,5H,1H3,(H,11,12). The van der Waals surface area contributed by atoms with Gasteiger partial charge in [0.15, 0.2) is 5.54 Å². The number of aliphatic carboxylic acids is 1. The van der Waals surface area contributed by atoms with Crippen molar-refractivity contribution in [1.29, 1.82) is 0 Å². The van der Waals surface area contributed by atoms with Crippen LogP contribution in [0.15, 0.2) is 64.7 Å². The molecule has 2 atom stereocenters. The van der Waals surface area contributed by atoms with Crippen LogP contribution in [0.1, 0.15) is 34.1 Å². The molecule has 2 unspecified atom stereocenters. The molecule has 9 nitrogen and oxygen atoms in total. The topological polar surface area (TPSA) is 134 Å². The van der Waals surface area contributed by atoms with Crippen molar-refractivity contribution in [1.82, 2.24) is 14.8 Å². The number of aryl methyl sites for hydroxylation is 1. The van der Waals surface area contributed by atoms with E-state index in [-0.39, 0.29) is 0 Å². The third-order valence-electron chi connectivity index (χ3n) is 6.01. The minimum atomic E-state index is -3.06. The Morgan fingerprint density at radius 3 is 2.13 bits per heavy atom. The highest BCUT2D eigenvalue weighted by Gasteiger charge is 2.57. The van der Waals surface area contributed by atoms with Gasteiger partial charge < -0.3 is 15.9 Å². The average molecular weight is 568 g/mol. The third kappa shape index (κ3) is 5.91. The molecule has 3 aromatic rings. The minimum Gasteiger partial charge on any atom is -0.480 e.